The molecule has 0 bridgehead atoms. The normalized spacial score (nSPS) is 15.4. The summed E-state index contributed by atoms with van der Waals surface area (Å²) >= 11 is 0. The molecule has 0 saturated heterocycles. The maximum absolute atomic E-state index is 14.3. The molecule has 1 aromatic carbocycles. The van der Waals surface area contributed by atoms with Gasteiger partial charge in [-0.25, -0.2) is 17.8 Å². The fraction of sp³-hybridized carbons (Fsp3) is 0.308. The van der Waals surface area contributed by atoms with Gasteiger partial charge in [-0.1, -0.05) is 31.2 Å². The van der Waals surface area contributed by atoms with E-state index in [1.807, 2.05) is 0 Å². The van der Waals surface area contributed by atoms with Crippen molar-refractivity contribution in [2.75, 3.05) is 5.75 Å². The van der Waals surface area contributed by atoms with Gasteiger partial charge in [0.2, 0.25) is 0 Å². The number of hydrogen-bond acceptors (Lipinski definition) is 4. The molecule has 1 aromatic heterocycles. The summed E-state index contributed by atoms with van der Waals surface area (Å²) < 4.78 is 81.9. The molecular weight excluding hydrogens is 494 g/mol. The smallest absolute Gasteiger partial charge is 0.346 e. The van der Waals surface area contributed by atoms with Crippen LogP contribution in [0.25, 0.3) is 33.9 Å². The van der Waals surface area contributed by atoms with Crippen LogP contribution in [0, 0.1) is 0 Å². The van der Waals surface area contributed by atoms with E-state index in [-0.39, 0.29) is 34.3 Å². The monoisotopic (exact) mass is 517 g/mol. The Hall–Kier alpha value is -3.27. The molecular formula is C26H23F4N3O2S. The molecule has 1 saturated carbocycles. The Kier molecular flexibility index (Phi) is 5.70. The molecule has 0 unspecified atom stereocenters. The molecule has 0 spiro atoms. The summed E-state index contributed by atoms with van der Waals surface area (Å²) in [6.45, 7) is 3.49. The molecule has 0 N–H and O–H groups in total. The summed E-state index contributed by atoms with van der Waals surface area (Å²) in [6.07, 6.45) is -1.05. The van der Waals surface area contributed by atoms with Crippen molar-refractivity contribution in [2.24, 2.45) is 0 Å². The van der Waals surface area contributed by atoms with E-state index >= 15 is 0 Å². The quantitative estimate of drug-likeness (QED) is 0.274. The largest absolute Gasteiger partial charge is 0.417 e. The zero-order valence-electron chi connectivity index (χ0n) is 19.6. The highest BCUT2D eigenvalue weighted by molar-refractivity contribution is 7.91. The summed E-state index contributed by atoms with van der Waals surface area (Å²) in [4.78, 5) is 8.67. The zero-order valence-corrected chi connectivity index (χ0v) is 20.4. The highest BCUT2D eigenvalue weighted by Gasteiger charge is 2.44. The molecule has 2 aliphatic heterocycles. The lowest BCUT2D eigenvalue weighted by atomic mass is 10.0. The van der Waals surface area contributed by atoms with E-state index < -0.39 is 27.2 Å². The minimum Gasteiger partial charge on any atom is -0.346 e. The highest BCUT2D eigenvalue weighted by Crippen LogP contribution is 2.49. The number of sulfone groups is 1. The number of aromatic nitrogens is 3. The van der Waals surface area contributed by atoms with Crippen LogP contribution in [0.3, 0.4) is 0 Å². The van der Waals surface area contributed by atoms with Crippen molar-refractivity contribution in [2.45, 2.75) is 50.0 Å². The Morgan fingerprint density at radius 2 is 1.69 bits per heavy atom. The number of fused-ring (bicyclic) bond motifs is 1. The Morgan fingerprint density at radius 1 is 1.00 bits per heavy atom. The van der Waals surface area contributed by atoms with Crippen molar-refractivity contribution in [3.05, 3.63) is 66.0 Å². The first-order valence-electron chi connectivity index (χ1n) is 11.6. The van der Waals surface area contributed by atoms with E-state index in [2.05, 4.69) is 9.97 Å². The maximum atomic E-state index is 14.3. The van der Waals surface area contributed by atoms with Crippen LogP contribution in [0.2, 0.25) is 0 Å². The molecule has 1 fully saturated rings. The number of alkyl halides is 4. The molecule has 0 radical (unpaired) electrons. The number of benzene rings is 1. The third-order valence-electron chi connectivity index (χ3n) is 6.58. The van der Waals surface area contributed by atoms with Crippen molar-refractivity contribution in [3.8, 4) is 33.9 Å². The summed E-state index contributed by atoms with van der Waals surface area (Å²) in [5, 5.41) is 0. The lowest BCUT2D eigenvalue weighted by Gasteiger charge is -2.14. The first-order valence-corrected chi connectivity index (χ1v) is 13.2. The first-order chi connectivity index (χ1) is 16.9. The Morgan fingerprint density at radius 3 is 2.28 bits per heavy atom. The number of hydrogen-bond donors (Lipinski definition) is 0. The molecule has 1 aliphatic carbocycles. The van der Waals surface area contributed by atoms with Gasteiger partial charge in [-0.05, 0) is 49.1 Å². The van der Waals surface area contributed by atoms with E-state index in [0.29, 0.717) is 35.2 Å². The third-order valence-corrected chi connectivity index (χ3v) is 8.32. The van der Waals surface area contributed by atoms with Crippen LogP contribution in [-0.4, -0.2) is 28.7 Å². The molecule has 36 heavy (non-hydrogen) atoms. The van der Waals surface area contributed by atoms with Crippen molar-refractivity contribution >= 4 is 9.84 Å². The SMILES string of the molecule is CCn1cc(C(F)(F)F)cc2nc(-c3ncc(-c4ccc(C5(F)CC5)cc4)cc3S(=O)(=O)CC)cc1-2. The number of pyridine rings is 2. The molecule has 5 nitrogen and oxygen atoms in total. The van der Waals surface area contributed by atoms with Crippen LogP contribution in [0.5, 0.6) is 0 Å². The van der Waals surface area contributed by atoms with Crippen molar-refractivity contribution < 1.29 is 26.0 Å². The summed E-state index contributed by atoms with van der Waals surface area (Å²) in [6, 6.07) is 10.8. The first kappa shape index (κ1) is 24.4. The van der Waals surface area contributed by atoms with Gasteiger partial charge in [0.1, 0.15) is 11.4 Å². The third kappa shape index (κ3) is 4.27. The predicted molar refractivity (Wildman–Crippen MR) is 128 cm³/mol. The van der Waals surface area contributed by atoms with Gasteiger partial charge in [-0.15, -0.1) is 0 Å². The van der Waals surface area contributed by atoms with Crippen LogP contribution in [0.15, 0.2) is 59.8 Å². The molecule has 0 amide bonds. The van der Waals surface area contributed by atoms with Crippen LogP contribution in [0.4, 0.5) is 17.6 Å². The van der Waals surface area contributed by atoms with Crippen LogP contribution in [-0.2, 0) is 28.2 Å². The van der Waals surface area contributed by atoms with E-state index in [1.54, 1.807) is 37.3 Å². The molecule has 5 rings (SSSR count). The number of rotatable bonds is 6. The summed E-state index contributed by atoms with van der Waals surface area (Å²) in [7, 11) is -3.76. The second-order valence-electron chi connectivity index (χ2n) is 8.94. The Balaban J connectivity index is 1.63. The maximum Gasteiger partial charge on any atom is 0.417 e. The molecule has 188 valence electrons. The second kappa shape index (κ2) is 8.40. The van der Waals surface area contributed by atoms with E-state index in [4.69, 9.17) is 0 Å². The van der Waals surface area contributed by atoms with Crippen LogP contribution < -0.4 is 0 Å². The average Bonchev–Trinajstić information content (AvgIpc) is 3.46. The van der Waals surface area contributed by atoms with Crippen LogP contribution >= 0.6 is 0 Å². The second-order valence-corrected chi connectivity index (χ2v) is 11.2. The Bertz CT molecular complexity index is 1520. The lowest BCUT2D eigenvalue weighted by molar-refractivity contribution is -0.138. The van der Waals surface area contributed by atoms with Gasteiger partial charge in [0, 0.05) is 24.5 Å². The highest BCUT2D eigenvalue weighted by atomic mass is 32.2. The van der Waals surface area contributed by atoms with Gasteiger partial charge in [0.25, 0.3) is 0 Å². The predicted octanol–water partition coefficient (Wildman–Crippen LogP) is 6.51. The van der Waals surface area contributed by atoms with E-state index in [1.165, 1.54) is 23.8 Å². The Labute approximate surface area is 206 Å². The zero-order chi connectivity index (χ0) is 25.9. The molecule has 10 heteroatoms. The van der Waals surface area contributed by atoms with Crippen molar-refractivity contribution in [1.82, 2.24) is 14.5 Å². The van der Waals surface area contributed by atoms with Gasteiger partial charge < -0.3 is 4.57 Å². The van der Waals surface area contributed by atoms with Crippen LogP contribution in [0.1, 0.15) is 37.8 Å². The van der Waals surface area contributed by atoms with Gasteiger partial charge in [0.05, 0.1) is 33.3 Å². The van der Waals surface area contributed by atoms with Gasteiger partial charge in [-0.3, -0.25) is 4.98 Å². The average molecular weight is 518 g/mol. The minimum atomic E-state index is -4.54. The molecule has 3 heterocycles. The lowest BCUT2D eigenvalue weighted by Crippen LogP contribution is -2.10. The molecule has 2 aromatic rings. The fourth-order valence-corrected chi connectivity index (χ4v) is 5.34. The standard InChI is InChI=1S/C26H23F4N3O2S/c1-3-33-15-19(26(28,29)30)12-20-22(33)13-21(32-20)24-23(36(34,35)4-2)11-17(14-31-24)16-5-7-18(8-6-16)25(27)9-10-25/h5-8,11-15H,3-4,9-10H2,1-2H3. The molecule has 3 aliphatic rings. The van der Waals surface area contributed by atoms with E-state index in [0.717, 1.165) is 12.3 Å². The number of nitrogens with zero attached hydrogens (tertiary/aromatic N) is 3. The summed E-state index contributed by atoms with van der Waals surface area (Å²) in [5.74, 6) is -0.193. The van der Waals surface area contributed by atoms with Gasteiger partial charge in [-0.2, -0.15) is 13.2 Å². The number of halogens is 4. The fourth-order valence-electron chi connectivity index (χ4n) is 4.27. The topological polar surface area (TPSA) is 64.8 Å². The number of aryl methyl sites for hydroxylation is 1. The summed E-state index contributed by atoms with van der Waals surface area (Å²) in [5.41, 5.74) is 0.478. The van der Waals surface area contributed by atoms with Gasteiger partial charge in [0.15, 0.2) is 9.84 Å². The van der Waals surface area contributed by atoms with Crippen molar-refractivity contribution in [3.63, 3.8) is 0 Å². The minimum absolute atomic E-state index is 0.0577. The van der Waals surface area contributed by atoms with E-state index in [9.17, 15) is 26.0 Å². The van der Waals surface area contributed by atoms with Gasteiger partial charge >= 0.3 is 6.18 Å². The van der Waals surface area contributed by atoms with Crippen molar-refractivity contribution in [1.29, 1.82) is 0 Å². The molecule has 0 atom stereocenters.